The molecule has 0 aromatic heterocycles. The van der Waals surface area contributed by atoms with Crippen LogP contribution in [0.1, 0.15) is 31.7 Å². The van der Waals surface area contributed by atoms with Gasteiger partial charge >= 0.3 is 0 Å². The third-order valence-electron chi connectivity index (χ3n) is 3.21. The SMILES string of the molecule is CC[C@@H](Cc1ccccc1)NCC1CC1. The van der Waals surface area contributed by atoms with Gasteiger partial charge in [-0.25, -0.2) is 0 Å². The fourth-order valence-corrected chi connectivity index (χ4v) is 1.91. The molecule has 0 heterocycles. The number of benzene rings is 1. The van der Waals surface area contributed by atoms with E-state index in [4.69, 9.17) is 0 Å². The van der Waals surface area contributed by atoms with Gasteiger partial charge in [-0.1, -0.05) is 37.3 Å². The van der Waals surface area contributed by atoms with E-state index in [2.05, 4.69) is 42.6 Å². The summed E-state index contributed by atoms with van der Waals surface area (Å²) in [6.07, 6.45) is 5.27. The van der Waals surface area contributed by atoms with Crippen molar-refractivity contribution in [3.8, 4) is 0 Å². The molecule has 0 unspecified atom stereocenters. The van der Waals surface area contributed by atoms with Crippen LogP contribution in [-0.2, 0) is 6.42 Å². The first-order chi connectivity index (χ1) is 7.38. The highest BCUT2D eigenvalue weighted by Crippen LogP contribution is 2.27. The van der Waals surface area contributed by atoms with Crippen LogP contribution in [0.5, 0.6) is 0 Å². The number of hydrogen-bond acceptors (Lipinski definition) is 1. The Hall–Kier alpha value is -0.820. The van der Waals surface area contributed by atoms with E-state index < -0.39 is 0 Å². The van der Waals surface area contributed by atoms with E-state index in [-0.39, 0.29) is 0 Å². The first-order valence-electron chi connectivity index (χ1n) is 6.15. The molecule has 1 nitrogen and oxygen atoms in total. The zero-order chi connectivity index (χ0) is 10.5. The average Bonchev–Trinajstić information content (AvgIpc) is 3.09. The van der Waals surface area contributed by atoms with Gasteiger partial charge < -0.3 is 5.32 Å². The van der Waals surface area contributed by atoms with Crippen molar-refractivity contribution in [2.75, 3.05) is 6.54 Å². The van der Waals surface area contributed by atoms with Gasteiger partial charge in [0.15, 0.2) is 0 Å². The van der Waals surface area contributed by atoms with Gasteiger partial charge in [-0.2, -0.15) is 0 Å². The van der Waals surface area contributed by atoms with Crippen molar-refractivity contribution in [3.63, 3.8) is 0 Å². The van der Waals surface area contributed by atoms with Crippen LogP contribution in [0, 0.1) is 5.92 Å². The summed E-state index contributed by atoms with van der Waals surface area (Å²) >= 11 is 0. The van der Waals surface area contributed by atoms with Crippen LogP contribution in [-0.4, -0.2) is 12.6 Å². The zero-order valence-corrected chi connectivity index (χ0v) is 9.58. The lowest BCUT2D eigenvalue weighted by molar-refractivity contribution is 0.481. The second kappa shape index (κ2) is 5.32. The van der Waals surface area contributed by atoms with E-state index in [0.717, 1.165) is 5.92 Å². The summed E-state index contributed by atoms with van der Waals surface area (Å²) in [5.74, 6) is 0.981. The predicted molar refractivity (Wildman–Crippen MR) is 65.0 cm³/mol. The highest BCUT2D eigenvalue weighted by atomic mass is 14.9. The Balaban J connectivity index is 1.78. The molecule has 1 aromatic carbocycles. The standard InChI is InChI=1S/C14H21N/c1-2-14(15-11-13-8-9-13)10-12-6-4-3-5-7-12/h3-7,13-15H,2,8-11H2,1H3/t14-/m0/s1. The molecule has 1 heteroatoms. The molecule has 2 rings (SSSR count). The highest BCUT2D eigenvalue weighted by molar-refractivity contribution is 5.15. The Kier molecular flexibility index (Phi) is 3.79. The Bertz CT molecular complexity index is 277. The fourth-order valence-electron chi connectivity index (χ4n) is 1.91. The van der Waals surface area contributed by atoms with Crippen molar-refractivity contribution in [3.05, 3.63) is 35.9 Å². The molecule has 0 saturated heterocycles. The van der Waals surface area contributed by atoms with E-state index in [0.29, 0.717) is 6.04 Å². The van der Waals surface area contributed by atoms with Crippen molar-refractivity contribution in [1.82, 2.24) is 5.32 Å². The second-order valence-corrected chi connectivity index (χ2v) is 4.65. The third-order valence-corrected chi connectivity index (χ3v) is 3.21. The minimum absolute atomic E-state index is 0.660. The van der Waals surface area contributed by atoms with Gasteiger partial charge in [0.25, 0.3) is 0 Å². The van der Waals surface area contributed by atoms with E-state index in [9.17, 15) is 0 Å². The van der Waals surface area contributed by atoms with Gasteiger partial charge in [-0.15, -0.1) is 0 Å². The monoisotopic (exact) mass is 203 g/mol. The molecule has 82 valence electrons. The molecule has 1 aromatic rings. The van der Waals surface area contributed by atoms with E-state index in [1.165, 1.54) is 37.8 Å². The predicted octanol–water partition coefficient (Wildman–Crippen LogP) is 3.01. The fraction of sp³-hybridized carbons (Fsp3) is 0.571. The molecule has 1 fully saturated rings. The summed E-state index contributed by atoms with van der Waals surface area (Å²) in [6, 6.07) is 11.4. The maximum Gasteiger partial charge on any atom is 0.0105 e. The number of rotatable bonds is 6. The van der Waals surface area contributed by atoms with Crippen molar-refractivity contribution >= 4 is 0 Å². The van der Waals surface area contributed by atoms with E-state index in [1.807, 2.05) is 0 Å². The lowest BCUT2D eigenvalue weighted by Crippen LogP contribution is -2.32. The molecule has 1 saturated carbocycles. The maximum atomic E-state index is 3.68. The normalized spacial score (nSPS) is 17.7. The minimum Gasteiger partial charge on any atom is -0.313 e. The number of hydrogen-bond donors (Lipinski definition) is 1. The van der Waals surface area contributed by atoms with E-state index in [1.54, 1.807) is 0 Å². The zero-order valence-electron chi connectivity index (χ0n) is 9.58. The molecule has 0 bridgehead atoms. The first kappa shape index (κ1) is 10.7. The lowest BCUT2D eigenvalue weighted by atomic mass is 10.0. The van der Waals surface area contributed by atoms with Crippen LogP contribution < -0.4 is 5.32 Å². The van der Waals surface area contributed by atoms with Crippen LogP contribution in [0.4, 0.5) is 0 Å². The van der Waals surface area contributed by atoms with Crippen molar-refractivity contribution in [1.29, 1.82) is 0 Å². The second-order valence-electron chi connectivity index (χ2n) is 4.65. The van der Waals surface area contributed by atoms with Gasteiger partial charge in [0.05, 0.1) is 0 Å². The summed E-state index contributed by atoms with van der Waals surface area (Å²) < 4.78 is 0. The van der Waals surface area contributed by atoms with Crippen LogP contribution in [0.25, 0.3) is 0 Å². The van der Waals surface area contributed by atoms with Crippen LogP contribution in [0.15, 0.2) is 30.3 Å². The molecule has 0 aliphatic heterocycles. The summed E-state index contributed by atoms with van der Waals surface area (Å²) in [7, 11) is 0. The average molecular weight is 203 g/mol. The summed E-state index contributed by atoms with van der Waals surface area (Å²) in [5.41, 5.74) is 1.45. The Labute approximate surface area is 92.9 Å². The smallest absolute Gasteiger partial charge is 0.0105 e. The minimum atomic E-state index is 0.660. The maximum absolute atomic E-state index is 3.68. The van der Waals surface area contributed by atoms with Gasteiger partial charge in [0, 0.05) is 6.04 Å². The molecule has 0 radical (unpaired) electrons. The Morgan fingerprint density at radius 1 is 1.27 bits per heavy atom. The lowest BCUT2D eigenvalue weighted by Gasteiger charge is -2.16. The van der Waals surface area contributed by atoms with Gasteiger partial charge in [0.1, 0.15) is 0 Å². The van der Waals surface area contributed by atoms with Crippen LogP contribution >= 0.6 is 0 Å². The molecule has 1 aliphatic carbocycles. The quantitative estimate of drug-likeness (QED) is 0.749. The van der Waals surface area contributed by atoms with Crippen molar-refractivity contribution < 1.29 is 0 Å². The Morgan fingerprint density at radius 2 is 2.00 bits per heavy atom. The number of nitrogens with one attached hydrogen (secondary N) is 1. The van der Waals surface area contributed by atoms with Gasteiger partial charge in [-0.05, 0) is 43.7 Å². The summed E-state index contributed by atoms with van der Waals surface area (Å²) in [4.78, 5) is 0. The molecule has 0 amide bonds. The largest absolute Gasteiger partial charge is 0.313 e. The molecule has 1 N–H and O–H groups in total. The molecule has 0 spiro atoms. The molecule has 1 aliphatic rings. The summed E-state index contributed by atoms with van der Waals surface area (Å²) in [5, 5.41) is 3.68. The van der Waals surface area contributed by atoms with Crippen LogP contribution in [0.2, 0.25) is 0 Å². The highest BCUT2D eigenvalue weighted by Gasteiger charge is 2.21. The van der Waals surface area contributed by atoms with Crippen molar-refractivity contribution in [2.24, 2.45) is 5.92 Å². The third kappa shape index (κ3) is 3.67. The van der Waals surface area contributed by atoms with Crippen molar-refractivity contribution in [2.45, 2.75) is 38.6 Å². The Morgan fingerprint density at radius 3 is 2.60 bits per heavy atom. The summed E-state index contributed by atoms with van der Waals surface area (Å²) in [6.45, 7) is 3.50. The molecule has 1 atom stereocenters. The molecular weight excluding hydrogens is 182 g/mol. The van der Waals surface area contributed by atoms with Gasteiger partial charge in [-0.3, -0.25) is 0 Å². The van der Waals surface area contributed by atoms with E-state index >= 15 is 0 Å². The molecular formula is C14H21N. The molecule has 15 heavy (non-hydrogen) atoms. The topological polar surface area (TPSA) is 12.0 Å². The van der Waals surface area contributed by atoms with Crippen LogP contribution in [0.3, 0.4) is 0 Å². The first-order valence-corrected chi connectivity index (χ1v) is 6.15. The van der Waals surface area contributed by atoms with Gasteiger partial charge in [0.2, 0.25) is 0 Å².